The van der Waals surface area contributed by atoms with Gasteiger partial charge in [-0.2, -0.15) is 0 Å². The first-order valence-corrected chi connectivity index (χ1v) is 4.31. The van der Waals surface area contributed by atoms with Gasteiger partial charge in [0.1, 0.15) is 6.10 Å². The molecule has 3 heteroatoms. The Morgan fingerprint density at radius 2 is 1.64 bits per heavy atom. The number of rotatable bonds is 1. The minimum Gasteiger partial charge on any atom is -0.373 e. The predicted molar refractivity (Wildman–Crippen MR) is 39.3 cm³/mol. The lowest BCUT2D eigenvalue weighted by atomic mass is 10.1. The van der Waals surface area contributed by atoms with E-state index in [1.165, 1.54) is 12.8 Å². The maximum atomic E-state index is 5.51. The van der Waals surface area contributed by atoms with Crippen molar-refractivity contribution in [2.24, 2.45) is 0 Å². The van der Waals surface area contributed by atoms with E-state index in [0.717, 1.165) is 26.2 Å². The first-order valence-electron chi connectivity index (χ1n) is 4.31. The molecule has 0 radical (unpaired) electrons. The zero-order valence-corrected chi connectivity index (χ0v) is 6.62. The van der Waals surface area contributed by atoms with Crippen LogP contribution >= 0.6 is 0 Å². The fourth-order valence-corrected chi connectivity index (χ4v) is 1.57. The molecule has 2 fully saturated rings. The molecule has 2 aliphatic rings. The maximum absolute atomic E-state index is 5.51. The second-order valence-electron chi connectivity index (χ2n) is 3.01. The van der Waals surface area contributed by atoms with Crippen LogP contribution in [0.4, 0.5) is 0 Å². The lowest BCUT2D eigenvalue weighted by molar-refractivity contribution is -0.156. The van der Waals surface area contributed by atoms with E-state index in [1.807, 2.05) is 0 Å². The quantitative estimate of drug-likeness (QED) is 0.568. The molecule has 11 heavy (non-hydrogen) atoms. The van der Waals surface area contributed by atoms with E-state index in [2.05, 4.69) is 0 Å². The summed E-state index contributed by atoms with van der Waals surface area (Å²) in [5.41, 5.74) is 0. The molecule has 64 valence electrons. The first kappa shape index (κ1) is 7.53. The van der Waals surface area contributed by atoms with Crippen LogP contribution in [0.3, 0.4) is 0 Å². The summed E-state index contributed by atoms with van der Waals surface area (Å²) in [5, 5.41) is 0. The van der Waals surface area contributed by atoms with E-state index in [4.69, 9.17) is 14.2 Å². The van der Waals surface area contributed by atoms with Gasteiger partial charge >= 0.3 is 0 Å². The normalized spacial score (nSPS) is 34.4. The van der Waals surface area contributed by atoms with Gasteiger partial charge in [-0.3, -0.25) is 0 Å². The van der Waals surface area contributed by atoms with Gasteiger partial charge in [0.15, 0.2) is 6.29 Å². The zero-order chi connectivity index (χ0) is 7.52. The molecule has 2 rings (SSSR count). The smallest absolute Gasteiger partial charge is 0.183 e. The molecule has 0 bridgehead atoms. The van der Waals surface area contributed by atoms with Crippen LogP contribution in [0.2, 0.25) is 0 Å². The molecule has 0 amide bonds. The Morgan fingerprint density at radius 3 is 2.27 bits per heavy atom. The van der Waals surface area contributed by atoms with Crippen LogP contribution in [0.25, 0.3) is 0 Å². The second-order valence-corrected chi connectivity index (χ2v) is 3.01. The van der Waals surface area contributed by atoms with Crippen molar-refractivity contribution in [3.05, 3.63) is 0 Å². The predicted octanol–water partition coefficient (Wildman–Crippen LogP) is 0.928. The van der Waals surface area contributed by atoms with Crippen molar-refractivity contribution in [3.8, 4) is 0 Å². The summed E-state index contributed by atoms with van der Waals surface area (Å²) >= 11 is 0. The highest BCUT2D eigenvalue weighted by Gasteiger charge is 2.28. The van der Waals surface area contributed by atoms with Crippen molar-refractivity contribution >= 4 is 0 Å². The fraction of sp³-hybridized carbons (Fsp3) is 1.00. The van der Waals surface area contributed by atoms with E-state index < -0.39 is 0 Å². The van der Waals surface area contributed by atoms with E-state index in [9.17, 15) is 0 Å². The molecule has 2 heterocycles. The molecule has 0 spiro atoms. The van der Waals surface area contributed by atoms with Gasteiger partial charge in [0, 0.05) is 6.61 Å². The van der Waals surface area contributed by atoms with E-state index in [1.54, 1.807) is 0 Å². The van der Waals surface area contributed by atoms with Gasteiger partial charge in [0.05, 0.1) is 13.2 Å². The molecule has 0 N–H and O–H groups in total. The summed E-state index contributed by atoms with van der Waals surface area (Å²) in [6.07, 6.45) is 3.64. The van der Waals surface area contributed by atoms with Crippen LogP contribution in [-0.2, 0) is 14.2 Å². The monoisotopic (exact) mass is 158 g/mol. The third kappa shape index (κ3) is 1.72. The van der Waals surface area contributed by atoms with E-state index >= 15 is 0 Å². The van der Waals surface area contributed by atoms with Crippen LogP contribution in [0.15, 0.2) is 0 Å². The van der Waals surface area contributed by atoms with E-state index in [0.29, 0.717) is 0 Å². The third-order valence-electron chi connectivity index (χ3n) is 2.17. The summed E-state index contributed by atoms with van der Waals surface area (Å²) in [7, 11) is 0. The molecule has 2 aliphatic heterocycles. The SMILES string of the molecule is C1CCC(C2OCCO2)OC1. The third-order valence-corrected chi connectivity index (χ3v) is 2.17. The zero-order valence-electron chi connectivity index (χ0n) is 6.62. The van der Waals surface area contributed by atoms with Crippen molar-refractivity contribution in [1.82, 2.24) is 0 Å². The van der Waals surface area contributed by atoms with Gasteiger partial charge in [-0.1, -0.05) is 0 Å². The van der Waals surface area contributed by atoms with Gasteiger partial charge in [-0.05, 0) is 19.3 Å². The van der Waals surface area contributed by atoms with Gasteiger partial charge in [0.2, 0.25) is 0 Å². The van der Waals surface area contributed by atoms with Gasteiger partial charge in [-0.15, -0.1) is 0 Å². The topological polar surface area (TPSA) is 27.7 Å². The Balaban J connectivity index is 1.82. The Morgan fingerprint density at radius 1 is 0.818 bits per heavy atom. The molecule has 0 aromatic rings. The summed E-state index contributed by atoms with van der Waals surface area (Å²) in [4.78, 5) is 0. The Kier molecular flexibility index (Phi) is 2.41. The van der Waals surface area contributed by atoms with Crippen LogP contribution in [0.1, 0.15) is 19.3 Å². The van der Waals surface area contributed by atoms with Crippen LogP contribution in [-0.4, -0.2) is 32.2 Å². The van der Waals surface area contributed by atoms with Crippen LogP contribution in [0.5, 0.6) is 0 Å². The highest BCUT2D eigenvalue weighted by atomic mass is 16.7. The average molecular weight is 158 g/mol. The number of hydrogen-bond acceptors (Lipinski definition) is 3. The molecule has 1 unspecified atom stereocenters. The van der Waals surface area contributed by atoms with Crippen molar-refractivity contribution in [2.45, 2.75) is 31.7 Å². The maximum Gasteiger partial charge on any atom is 0.183 e. The molecule has 0 saturated carbocycles. The van der Waals surface area contributed by atoms with Gasteiger partial charge in [0.25, 0.3) is 0 Å². The molecule has 0 aromatic heterocycles. The Hall–Kier alpha value is -0.120. The second kappa shape index (κ2) is 3.52. The average Bonchev–Trinajstić information content (AvgIpc) is 2.58. The first-order chi connectivity index (χ1) is 5.47. The largest absolute Gasteiger partial charge is 0.373 e. The van der Waals surface area contributed by atoms with Gasteiger partial charge in [-0.25, -0.2) is 0 Å². The summed E-state index contributed by atoms with van der Waals surface area (Å²) < 4.78 is 16.2. The Labute approximate surface area is 66.6 Å². The molecule has 1 atom stereocenters. The van der Waals surface area contributed by atoms with Crippen LogP contribution < -0.4 is 0 Å². The standard InChI is InChI=1S/C8H14O3/c1-2-4-9-7(3-1)8-10-5-6-11-8/h7-8H,1-6H2. The van der Waals surface area contributed by atoms with Crippen molar-refractivity contribution < 1.29 is 14.2 Å². The van der Waals surface area contributed by atoms with E-state index in [-0.39, 0.29) is 12.4 Å². The van der Waals surface area contributed by atoms with Crippen molar-refractivity contribution in [1.29, 1.82) is 0 Å². The minimum atomic E-state index is -0.0738. The minimum absolute atomic E-state index is 0.0738. The Bertz CT molecular complexity index is 115. The fourth-order valence-electron chi connectivity index (χ4n) is 1.57. The molecular weight excluding hydrogens is 144 g/mol. The molecule has 3 nitrogen and oxygen atoms in total. The lowest BCUT2D eigenvalue weighted by Crippen LogP contribution is -2.32. The number of ether oxygens (including phenoxy) is 3. The molecule has 0 aliphatic carbocycles. The highest BCUT2D eigenvalue weighted by Crippen LogP contribution is 2.20. The van der Waals surface area contributed by atoms with Crippen molar-refractivity contribution in [3.63, 3.8) is 0 Å². The van der Waals surface area contributed by atoms with Crippen LogP contribution in [0, 0.1) is 0 Å². The van der Waals surface area contributed by atoms with Crippen molar-refractivity contribution in [2.75, 3.05) is 19.8 Å². The highest BCUT2D eigenvalue weighted by molar-refractivity contribution is 4.69. The molecule has 2 saturated heterocycles. The number of hydrogen-bond donors (Lipinski definition) is 0. The summed E-state index contributed by atoms with van der Waals surface area (Å²) in [5.74, 6) is 0. The lowest BCUT2D eigenvalue weighted by Gasteiger charge is -2.26. The molecular formula is C8H14O3. The summed E-state index contributed by atoms with van der Waals surface area (Å²) in [6.45, 7) is 2.32. The summed E-state index contributed by atoms with van der Waals surface area (Å²) in [6, 6.07) is 0. The van der Waals surface area contributed by atoms with Gasteiger partial charge < -0.3 is 14.2 Å². The molecule has 0 aromatic carbocycles.